The number of nitrogens with zero attached hydrogens (tertiary/aromatic N) is 1. The number of hydrogen-bond donors (Lipinski definition) is 3. The lowest BCUT2D eigenvalue weighted by atomic mass is 9.78. The first-order chi connectivity index (χ1) is 16.0. The average molecular weight is 495 g/mol. The molecule has 3 aliphatic rings. The molecule has 0 radical (unpaired) electrons. The molecule has 0 saturated carbocycles. The van der Waals surface area contributed by atoms with Gasteiger partial charge in [0.2, 0.25) is 5.91 Å². The van der Waals surface area contributed by atoms with Crippen molar-refractivity contribution in [3.05, 3.63) is 53.1 Å². The number of likely N-dealkylation sites (tertiary alicyclic amines) is 1. The molecule has 2 amide bonds. The Morgan fingerprint density at radius 2 is 2.00 bits per heavy atom. The highest BCUT2D eigenvalue weighted by Gasteiger charge is 2.55. The first kappa shape index (κ1) is 24.3. The lowest BCUT2D eigenvalue weighted by molar-refractivity contribution is -0.131. The third-order valence-electron chi connectivity index (χ3n) is 6.90. The van der Waals surface area contributed by atoms with Crippen LogP contribution in [0.15, 0.2) is 52.5 Å². The fourth-order valence-corrected chi connectivity index (χ4v) is 5.54. The number of likely N-dealkylation sites (N-methyl/N-ethyl adjacent to an activating group) is 1. The van der Waals surface area contributed by atoms with Gasteiger partial charge in [-0.2, -0.15) is 8.42 Å². The molecule has 4 rings (SSSR count). The normalized spacial score (nSPS) is 27.6. The molecule has 8 nitrogen and oxygen atoms in total. The van der Waals surface area contributed by atoms with Crippen LogP contribution in [0.1, 0.15) is 43.5 Å². The molecule has 0 bridgehead atoms. The number of halogens is 2. The van der Waals surface area contributed by atoms with E-state index in [1.165, 1.54) is 18.2 Å². The molecule has 34 heavy (non-hydrogen) atoms. The van der Waals surface area contributed by atoms with Crippen LogP contribution in [0.5, 0.6) is 0 Å². The molecular formula is C23H28F2N4O4S. The first-order valence-electron chi connectivity index (χ1n) is 11.3. The van der Waals surface area contributed by atoms with Crippen molar-refractivity contribution in [3.63, 3.8) is 0 Å². The molecule has 1 aliphatic carbocycles. The van der Waals surface area contributed by atoms with Crippen LogP contribution in [0, 0.1) is 5.92 Å². The van der Waals surface area contributed by atoms with E-state index in [9.17, 15) is 26.3 Å². The van der Waals surface area contributed by atoms with E-state index in [0.717, 1.165) is 18.6 Å². The van der Waals surface area contributed by atoms with Crippen LogP contribution in [0.2, 0.25) is 0 Å². The van der Waals surface area contributed by atoms with E-state index < -0.39 is 26.6 Å². The van der Waals surface area contributed by atoms with Gasteiger partial charge in [0, 0.05) is 42.7 Å². The molecule has 1 aromatic rings. The Kier molecular flexibility index (Phi) is 6.52. The summed E-state index contributed by atoms with van der Waals surface area (Å²) in [5.74, 6) is -1.27. The second kappa shape index (κ2) is 9.10. The van der Waals surface area contributed by atoms with Crippen molar-refractivity contribution in [2.24, 2.45) is 5.92 Å². The highest BCUT2D eigenvalue weighted by molar-refractivity contribution is 7.86. The largest absolute Gasteiger partial charge is 0.384 e. The number of carbonyl (C=O) groups is 2. The minimum atomic E-state index is -4.84. The number of piperidine rings is 1. The predicted octanol–water partition coefficient (Wildman–Crippen LogP) is 2.12. The smallest absolute Gasteiger partial charge is 0.332 e. The molecule has 0 spiro atoms. The lowest BCUT2D eigenvalue weighted by Crippen LogP contribution is -2.61. The van der Waals surface area contributed by atoms with E-state index in [0.29, 0.717) is 37.4 Å². The molecule has 2 saturated heterocycles. The van der Waals surface area contributed by atoms with E-state index in [2.05, 4.69) is 16.0 Å². The molecule has 11 heteroatoms. The predicted molar refractivity (Wildman–Crippen MR) is 121 cm³/mol. The topological polar surface area (TPSA) is 108 Å². The van der Waals surface area contributed by atoms with E-state index in [1.807, 2.05) is 18.7 Å². The Balaban J connectivity index is 1.50. The van der Waals surface area contributed by atoms with Crippen molar-refractivity contribution in [3.8, 4) is 0 Å². The molecule has 2 fully saturated rings. The van der Waals surface area contributed by atoms with Gasteiger partial charge in [-0.15, -0.1) is 3.89 Å². The maximum atomic E-state index is 14.5. The third-order valence-corrected chi connectivity index (χ3v) is 7.74. The standard InChI is InChI=1S/C23H28F2N4O4S/c1-3-26-19-12-15(24)11-18-20(19)28-22(31)23(18,2)29-10-4-5-16(13-29)27-21(30)14-6-8-17(9-7-14)34(25,32)33/h6-9,12,16,18,26H,3-5,10-11,13H2,1-2H3,(H,27,30)(H,28,31)/t16-,18?,23?/m1/s1. The summed E-state index contributed by atoms with van der Waals surface area (Å²) in [4.78, 5) is 27.4. The Labute approximate surface area is 197 Å². The summed E-state index contributed by atoms with van der Waals surface area (Å²) in [6.45, 7) is 5.35. The number of amides is 2. The quantitative estimate of drug-likeness (QED) is 0.523. The van der Waals surface area contributed by atoms with Gasteiger partial charge in [-0.3, -0.25) is 14.5 Å². The summed E-state index contributed by atoms with van der Waals surface area (Å²) in [5.41, 5.74) is 0.523. The maximum absolute atomic E-state index is 14.5. The minimum absolute atomic E-state index is 0.122. The van der Waals surface area contributed by atoms with E-state index >= 15 is 0 Å². The van der Waals surface area contributed by atoms with E-state index in [4.69, 9.17) is 0 Å². The van der Waals surface area contributed by atoms with Crippen molar-refractivity contribution >= 4 is 22.0 Å². The third kappa shape index (κ3) is 4.46. The second-order valence-corrected chi connectivity index (χ2v) is 10.4. The molecule has 1 aromatic carbocycles. The van der Waals surface area contributed by atoms with Crippen LogP contribution in [0.25, 0.3) is 0 Å². The summed E-state index contributed by atoms with van der Waals surface area (Å²) < 4.78 is 49.6. The van der Waals surface area contributed by atoms with Crippen molar-refractivity contribution in [2.45, 2.75) is 49.6 Å². The Morgan fingerprint density at radius 1 is 1.29 bits per heavy atom. The zero-order chi connectivity index (χ0) is 24.7. The van der Waals surface area contributed by atoms with Crippen molar-refractivity contribution in [1.82, 2.24) is 20.9 Å². The summed E-state index contributed by atoms with van der Waals surface area (Å²) in [6.07, 6.45) is 2.98. The average Bonchev–Trinajstić information content (AvgIpc) is 3.05. The summed E-state index contributed by atoms with van der Waals surface area (Å²) in [5, 5.41) is 9.01. The molecule has 2 heterocycles. The van der Waals surface area contributed by atoms with Gasteiger partial charge in [0.15, 0.2) is 0 Å². The maximum Gasteiger partial charge on any atom is 0.332 e. The van der Waals surface area contributed by atoms with Gasteiger partial charge in [0.1, 0.15) is 11.4 Å². The number of benzene rings is 1. The van der Waals surface area contributed by atoms with Gasteiger partial charge in [0.25, 0.3) is 5.91 Å². The van der Waals surface area contributed by atoms with Crippen molar-refractivity contribution < 1.29 is 26.3 Å². The van der Waals surface area contributed by atoms with Crippen LogP contribution in [0.3, 0.4) is 0 Å². The Bertz CT molecular complexity index is 1170. The summed E-state index contributed by atoms with van der Waals surface area (Å²) in [7, 11) is -4.84. The molecule has 184 valence electrons. The molecule has 2 unspecified atom stereocenters. The van der Waals surface area contributed by atoms with Gasteiger partial charge in [-0.1, -0.05) is 0 Å². The van der Waals surface area contributed by atoms with Gasteiger partial charge < -0.3 is 16.0 Å². The molecule has 2 aliphatic heterocycles. The first-order valence-corrected chi connectivity index (χ1v) is 12.7. The number of carbonyl (C=O) groups excluding carboxylic acids is 2. The monoisotopic (exact) mass is 494 g/mol. The van der Waals surface area contributed by atoms with Crippen LogP contribution in [-0.4, -0.2) is 56.3 Å². The zero-order valence-corrected chi connectivity index (χ0v) is 19.8. The second-order valence-electron chi connectivity index (χ2n) is 9.03. The SMILES string of the molecule is CCNC1=C2NC(=O)C(C)(N3CCC[C@@H](NC(=O)c4ccc(S(=O)(=O)F)cc4)C3)C2CC(F)=C1. The highest BCUT2D eigenvalue weighted by Crippen LogP contribution is 2.44. The lowest BCUT2D eigenvalue weighted by Gasteiger charge is -2.45. The molecule has 3 atom stereocenters. The molecular weight excluding hydrogens is 466 g/mol. The van der Waals surface area contributed by atoms with Gasteiger partial charge >= 0.3 is 10.2 Å². The van der Waals surface area contributed by atoms with Gasteiger partial charge in [-0.25, -0.2) is 4.39 Å². The number of fused-ring (bicyclic) bond motifs is 1. The number of nitrogens with one attached hydrogen (secondary N) is 3. The summed E-state index contributed by atoms with van der Waals surface area (Å²) in [6, 6.07) is 4.33. The van der Waals surface area contributed by atoms with Crippen LogP contribution in [0.4, 0.5) is 8.28 Å². The molecule has 3 N–H and O–H groups in total. The molecule has 0 aromatic heterocycles. The number of allylic oxidation sites excluding steroid dienone is 2. The fourth-order valence-electron chi connectivity index (χ4n) is 5.07. The minimum Gasteiger partial charge on any atom is -0.384 e. The van der Waals surface area contributed by atoms with E-state index in [1.54, 1.807) is 0 Å². The fraction of sp³-hybridized carbons (Fsp3) is 0.478. The van der Waals surface area contributed by atoms with Crippen LogP contribution >= 0.6 is 0 Å². The van der Waals surface area contributed by atoms with Crippen molar-refractivity contribution in [1.29, 1.82) is 0 Å². The Hall–Kier alpha value is -2.79. The highest BCUT2D eigenvalue weighted by atomic mass is 32.3. The van der Waals surface area contributed by atoms with Crippen LogP contribution in [-0.2, 0) is 15.0 Å². The Morgan fingerprint density at radius 3 is 2.65 bits per heavy atom. The number of rotatable bonds is 6. The van der Waals surface area contributed by atoms with Crippen molar-refractivity contribution in [2.75, 3.05) is 19.6 Å². The van der Waals surface area contributed by atoms with E-state index in [-0.39, 0.29) is 35.7 Å². The number of hydrogen-bond acceptors (Lipinski definition) is 6. The zero-order valence-electron chi connectivity index (χ0n) is 19.0. The van der Waals surface area contributed by atoms with Crippen LogP contribution < -0.4 is 16.0 Å². The van der Waals surface area contributed by atoms with Gasteiger partial charge in [-0.05, 0) is 63.6 Å². The summed E-state index contributed by atoms with van der Waals surface area (Å²) >= 11 is 0. The van der Waals surface area contributed by atoms with Gasteiger partial charge in [0.05, 0.1) is 10.6 Å².